The summed E-state index contributed by atoms with van der Waals surface area (Å²) in [4.78, 5) is 14.6. The van der Waals surface area contributed by atoms with Gasteiger partial charge in [-0.25, -0.2) is 4.79 Å². The van der Waals surface area contributed by atoms with Crippen molar-refractivity contribution in [2.45, 2.75) is 89.4 Å². The second kappa shape index (κ2) is 6.75. The van der Waals surface area contributed by atoms with Crippen LogP contribution in [0.2, 0.25) is 0 Å². The minimum Gasteiger partial charge on any atom is -0.396 e. The molecule has 22 heavy (non-hydrogen) atoms. The van der Waals surface area contributed by atoms with Crippen LogP contribution in [-0.4, -0.2) is 52.4 Å². The summed E-state index contributed by atoms with van der Waals surface area (Å²) in [5.41, 5.74) is 0.0676. The molecule has 3 N–H and O–H groups in total. The molecule has 5 nitrogen and oxygen atoms in total. The van der Waals surface area contributed by atoms with E-state index in [2.05, 4.69) is 38.3 Å². The van der Waals surface area contributed by atoms with Gasteiger partial charge in [0.25, 0.3) is 0 Å². The number of rotatable bonds is 3. The van der Waals surface area contributed by atoms with E-state index < -0.39 is 0 Å². The fourth-order valence-electron chi connectivity index (χ4n) is 4.40. The van der Waals surface area contributed by atoms with Crippen LogP contribution in [0.1, 0.15) is 66.2 Å². The van der Waals surface area contributed by atoms with E-state index in [1.165, 1.54) is 0 Å². The van der Waals surface area contributed by atoms with Crippen molar-refractivity contribution in [3.8, 4) is 0 Å². The number of carbonyl (C=O) groups is 1. The molecule has 2 heterocycles. The molecule has 2 aliphatic rings. The molecule has 2 aliphatic heterocycles. The Hall–Kier alpha value is -0.810. The Labute approximate surface area is 134 Å². The highest BCUT2D eigenvalue weighted by molar-refractivity contribution is 5.75. The molecule has 0 saturated carbocycles. The van der Waals surface area contributed by atoms with E-state index in [4.69, 9.17) is 0 Å². The smallest absolute Gasteiger partial charge is 0.317 e. The van der Waals surface area contributed by atoms with Crippen LogP contribution in [0.5, 0.6) is 0 Å². The first-order valence-electron chi connectivity index (χ1n) is 8.70. The lowest BCUT2D eigenvalue weighted by Gasteiger charge is -2.47. The number of carbonyl (C=O) groups excluding carboxylic acids is 1. The zero-order valence-corrected chi connectivity index (χ0v) is 14.6. The van der Waals surface area contributed by atoms with Crippen LogP contribution in [-0.2, 0) is 0 Å². The molecule has 2 fully saturated rings. The van der Waals surface area contributed by atoms with Gasteiger partial charge in [-0.15, -0.1) is 0 Å². The van der Waals surface area contributed by atoms with E-state index in [1.54, 1.807) is 0 Å². The van der Waals surface area contributed by atoms with Gasteiger partial charge in [0.1, 0.15) is 0 Å². The normalized spacial score (nSPS) is 28.4. The number of nitrogens with zero attached hydrogens (tertiary/aromatic N) is 1. The first-order chi connectivity index (χ1) is 10.2. The summed E-state index contributed by atoms with van der Waals surface area (Å²) < 4.78 is 0. The molecule has 0 aromatic heterocycles. The minimum atomic E-state index is 0.0338. The Morgan fingerprint density at radius 2 is 1.86 bits per heavy atom. The molecule has 2 rings (SSSR count). The summed E-state index contributed by atoms with van der Waals surface area (Å²) in [6.45, 7) is 9.76. The summed E-state index contributed by atoms with van der Waals surface area (Å²) in [6.07, 6.45) is 5.82. The van der Waals surface area contributed by atoms with Crippen molar-refractivity contribution in [3.05, 3.63) is 0 Å². The second-order valence-electron chi connectivity index (χ2n) is 8.30. The van der Waals surface area contributed by atoms with Crippen molar-refractivity contribution < 1.29 is 9.90 Å². The van der Waals surface area contributed by atoms with E-state index in [0.717, 1.165) is 38.6 Å². The van der Waals surface area contributed by atoms with Gasteiger partial charge in [-0.1, -0.05) is 0 Å². The molecular formula is C17H33N3O2. The Morgan fingerprint density at radius 3 is 2.45 bits per heavy atom. The maximum Gasteiger partial charge on any atom is 0.317 e. The molecule has 128 valence electrons. The fourth-order valence-corrected chi connectivity index (χ4v) is 4.40. The van der Waals surface area contributed by atoms with E-state index in [0.29, 0.717) is 6.42 Å². The molecule has 2 amide bonds. The summed E-state index contributed by atoms with van der Waals surface area (Å²) in [7, 11) is 0. The van der Waals surface area contributed by atoms with Gasteiger partial charge in [0, 0.05) is 36.3 Å². The van der Waals surface area contributed by atoms with Gasteiger partial charge in [-0.05, 0) is 66.2 Å². The number of urea groups is 1. The molecule has 5 heteroatoms. The lowest BCUT2D eigenvalue weighted by Crippen LogP contribution is -2.63. The SMILES string of the molecule is CC1(C)CC(NC(=O)N2CCCCC2CCO)CC(C)(C)N1. The molecule has 1 atom stereocenters. The summed E-state index contributed by atoms with van der Waals surface area (Å²) in [6, 6.07) is 0.452. The molecule has 0 aromatic rings. The predicted octanol–water partition coefficient (Wildman–Crippen LogP) is 2.24. The van der Waals surface area contributed by atoms with Gasteiger partial charge in [0.05, 0.1) is 0 Å². The Kier molecular flexibility index (Phi) is 5.38. The van der Waals surface area contributed by atoms with Crippen LogP contribution in [0.25, 0.3) is 0 Å². The largest absolute Gasteiger partial charge is 0.396 e. The maximum atomic E-state index is 12.7. The van der Waals surface area contributed by atoms with Crippen molar-refractivity contribution in [1.29, 1.82) is 0 Å². The summed E-state index contributed by atoms with van der Waals surface area (Å²) in [5.74, 6) is 0. The molecule has 2 saturated heterocycles. The lowest BCUT2D eigenvalue weighted by atomic mass is 9.79. The topological polar surface area (TPSA) is 64.6 Å². The highest BCUT2D eigenvalue weighted by Gasteiger charge is 2.39. The van der Waals surface area contributed by atoms with E-state index in [-0.39, 0.29) is 35.8 Å². The van der Waals surface area contributed by atoms with E-state index >= 15 is 0 Å². The van der Waals surface area contributed by atoms with Crippen molar-refractivity contribution in [1.82, 2.24) is 15.5 Å². The van der Waals surface area contributed by atoms with Gasteiger partial charge >= 0.3 is 6.03 Å². The Bertz CT molecular complexity index is 377. The number of aliphatic hydroxyl groups is 1. The van der Waals surface area contributed by atoms with E-state index in [1.807, 2.05) is 4.90 Å². The lowest BCUT2D eigenvalue weighted by molar-refractivity contribution is 0.113. The molecule has 0 radical (unpaired) electrons. The zero-order valence-electron chi connectivity index (χ0n) is 14.6. The third-order valence-corrected chi connectivity index (χ3v) is 4.87. The first-order valence-corrected chi connectivity index (χ1v) is 8.70. The van der Waals surface area contributed by atoms with Gasteiger partial charge in [-0.3, -0.25) is 0 Å². The molecular weight excluding hydrogens is 278 g/mol. The van der Waals surface area contributed by atoms with Gasteiger partial charge in [0.2, 0.25) is 0 Å². The van der Waals surface area contributed by atoms with Crippen LogP contribution < -0.4 is 10.6 Å². The second-order valence-corrected chi connectivity index (χ2v) is 8.30. The first kappa shape index (κ1) is 17.5. The monoisotopic (exact) mass is 311 g/mol. The number of amides is 2. The van der Waals surface area contributed by atoms with Crippen molar-refractivity contribution in [2.75, 3.05) is 13.2 Å². The number of hydrogen-bond donors (Lipinski definition) is 3. The molecule has 1 unspecified atom stereocenters. The number of aliphatic hydroxyl groups excluding tert-OH is 1. The van der Waals surface area contributed by atoms with Crippen LogP contribution in [0.15, 0.2) is 0 Å². The third-order valence-electron chi connectivity index (χ3n) is 4.87. The molecule has 0 aromatic carbocycles. The number of likely N-dealkylation sites (tertiary alicyclic amines) is 1. The van der Waals surface area contributed by atoms with Crippen molar-refractivity contribution in [2.24, 2.45) is 0 Å². The third kappa shape index (κ3) is 4.59. The standard InChI is InChI=1S/C17H33N3O2/c1-16(2)11-13(12-17(3,4)19-16)18-15(22)20-9-6-5-7-14(20)8-10-21/h13-14,19,21H,5-12H2,1-4H3,(H,18,22). The Morgan fingerprint density at radius 1 is 1.23 bits per heavy atom. The van der Waals surface area contributed by atoms with Gasteiger partial charge in [0.15, 0.2) is 0 Å². The number of nitrogens with one attached hydrogen (secondary N) is 2. The highest BCUT2D eigenvalue weighted by atomic mass is 16.3. The summed E-state index contributed by atoms with van der Waals surface area (Å²) in [5, 5.41) is 16.1. The Balaban J connectivity index is 1.98. The van der Waals surface area contributed by atoms with Gasteiger partial charge in [-0.2, -0.15) is 0 Å². The summed E-state index contributed by atoms with van der Waals surface area (Å²) >= 11 is 0. The van der Waals surface area contributed by atoms with Gasteiger partial charge < -0.3 is 20.6 Å². The van der Waals surface area contributed by atoms with Crippen LogP contribution in [0.3, 0.4) is 0 Å². The molecule has 0 aliphatic carbocycles. The van der Waals surface area contributed by atoms with Crippen molar-refractivity contribution in [3.63, 3.8) is 0 Å². The average molecular weight is 311 g/mol. The maximum absolute atomic E-state index is 12.7. The number of hydrogen-bond acceptors (Lipinski definition) is 3. The quantitative estimate of drug-likeness (QED) is 0.749. The van der Waals surface area contributed by atoms with Crippen LogP contribution in [0, 0.1) is 0 Å². The zero-order chi connectivity index (χ0) is 16.4. The number of piperidine rings is 2. The highest BCUT2D eigenvalue weighted by Crippen LogP contribution is 2.29. The minimum absolute atomic E-state index is 0.0338. The van der Waals surface area contributed by atoms with Crippen molar-refractivity contribution >= 4 is 6.03 Å². The fraction of sp³-hybridized carbons (Fsp3) is 0.941. The van der Waals surface area contributed by atoms with Crippen LogP contribution in [0.4, 0.5) is 4.79 Å². The molecule has 0 spiro atoms. The van der Waals surface area contributed by atoms with E-state index in [9.17, 15) is 9.90 Å². The average Bonchev–Trinajstić information content (AvgIpc) is 2.35. The van der Waals surface area contributed by atoms with Crippen LogP contribution >= 0.6 is 0 Å². The predicted molar refractivity (Wildman–Crippen MR) is 88.9 cm³/mol. The molecule has 0 bridgehead atoms.